The van der Waals surface area contributed by atoms with E-state index in [0.29, 0.717) is 0 Å². The molecule has 4 saturated heterocycles. The Bertz CT molecular complexity index is 397. The van der Waals surface area contributed by atoms with Crippen molar-refractivity contribution < 1.29 is 19.1 Å². The molecular formula is C10H14N4O4. The normalized spacial score (nSPS) is 41.9. The summed E-state index contributed by atoms with van der Waals surface area (Å²) in [5, 5.41) is 0. The Morgan fingerprint density at radius 2 is 1.06 bits per heavy atom. The largest absolute Gasteiger partial charge is 0.340 e. The van der Waals surface area contributed by atoms with Crippen LogP contribution in [0.3, 0.4) is 0 Å². The van der Waals surface area contributed by atoms with E-state index >= 15 is 0 Å². The molecule has 98 valence electrons. The average Bonchev–Trinajstić information content (AvgIpc) is 2.65. The molecule has 4 aliphatic rings. The smallest absolute Gasteiger partial charge is 0.327 e. The first-order valence-corrected chi connectivity index (χ1v) is 5.87. The van der Waals surface area contributed by atoms with E-state index in [1.165, 1.54) is 0 Å². The fourth-order valence-corrected chi connectivity index (χ4v) is 3.52. The van der Waals surface area contributed by atoms with Crippen LogP contribution in [-0.2, 0) is 9.47 Å². The number of amides is 4. The number of urea groups is 2. The highest BCUT2D eigenvalue weighted by molar-refractivity contribution is 5.88. The van der Waals surface area contributed by atoms with Crippen molar-refractivity contribution in [3.8, 4) is 0 Å². The zero-order valence-electron chi connectivity index (χ0n) is 10.3. The van der Waals surface area contributed by atoms with Gasteiger partial charge in [0.2, 0.25) is 0 Å². The van der Waals surface area contributed by atoms with E-state index in [9.17, 15) is 9.59 Å². The summed E-state index contributed by atoms with van der Waals surface area (Å²) >= 11 is 0. The van der Waals surface area contributed by atoms with E-state index in [1.807, 2.05) is 13.8 Å². The molecular weight excluding hydrogens is 240 g/mol. The molecule has 4 rings (SSSR count). The fourth-order valence-electron chi connectivity index (χ4n) is 3.52. The van der Waals surface area contributed by atoms with E-state index in [2.05, 4.69) is 0 Å². The van der Waals surface area contributed by atoms with Crippen LogP contribution in [0.2, 0.25) is 0 Å². The van der Waals surface area contributed by atoms with E-state index in [1.54, 1.807) is 19.6 Å². The van der Waals surface area contributed by atoms with Gasteiger partial charge in [0.1, 0.15) is 26.9 Å². The second kappa shape index (κ2) is 2.72. The number of carbonyl (C=O) groups is 2. The van der Waals surface area contributed by atoms with Crippen molar-refractivity contribution in [2.24, 2.45) is 0 Å². The van der Waals surface area contributed by atoms with Gasteiger partial charge in [0.15, 0.2) is 11.3 Å². The van der Waals surface area contributed by atoms with Gasteiger partial charge in [-0.15, -0.1) is 0 Å². The second-order valence-electron chi connectivity index (χ2n) is 5.24. The summed E-state index contributed by atoms with van der Waals surface area (Å²) in [5.74, 6) is 0. The summed E-state index contributed by atoms with van der Waals surface area (Å²) in [4.78, 5) is 31.2. The molecule has 4 amide bonds. The van der Waals surface area contributed by atoms with Crippen LogP contribution in [0.25, 0.3) is 0 Å². The van der Waals surface area contributed by atoms with Crippen molar-refractivity contribution in [3.63, 3.8) is 0 Å². The standard InChI is InChI=1S/C10H14N4O4/c1-9-10(2)13-5-18-6-14(10)8(16)12(9)4-17-3-11(9)7(13)15/h3-6H2,1-2H3/t9-,10+. The van der Waals surface area contributed by atoms with Crippen LogP contribution in [0.1, 0.15) is 13.8 Å². The number of ether oxygens (including phenoxy) is 2. The van der Waals surface area contributed by atoms with Crippen molar-refractivity contribution in [3.05, 3.63) is 0 Å². The SMILES string of the molecule is C[C@]12N3COCN1C(=O)N1COCN(C3=O)[C@]12C. The Balaban J connectivity index is 1.97. The summed E-state index contributed by atoms with van der Waals surface area (Å²) in [7, 11) is 0. The average molecular weight is 254 g/mol. The first-order valence-electron chi connectivity index (χ1n) is 5.87. The molecule has 0 unspecified atom stereocenters. The maximum absolute atomic E-state index is 12.4. The lowest BCUT2D eigenvalue weighted by Crippen LogP contribution is -2.68. The minimum Gasteiger partial charge on any atom is -0.340 e. The third kappa shape index (κ3) is 0.741. The van der Waals surface area contributed by atoms with Crippen LogP contribution in [0, 0.1) is 0 Å². The van der Waals surface area contributed by atoms with E-state index in [-0.39, 0.29) is 39.0 Å². The Labute approximate surface area is 104 Å². The minimum absolute atomic E-state index is 0.151. The van der Waals surface area contributed by atoms with Gasteiger partial charge in [0.05, 0.1) is 0 Å². The minimum atomic E-state index is -0.691. The van der Waals surface area contributed by atoms with Gasteiger partial charge in [-0.3, -0.25) is 19.6 Å². The fraction of sp³-hybridized carbons (Fsp3) is 0.800. The van der Waals surface area contributed by atoms with Gasteiger partial charge in [0, 0.05) is 0 Å². The summed E-state index contributed by atoms with van der Waals surface area (Å²) in [6.07, 6.45) is 0. The van der Waals surface area contributed by atoms with Crippen LogP contribution in [-0.4, -0.2) is 69.9 Å². The maximum Gasteiger partial charge on any atom is 0.327 e. The van der Waals surface area contributed by atoms with Gasteiger partial charge < -0.3 is 9.47 Å². The summed E-state index contributed by atoms with van der Waals surface area (Å²) in [6, 6.07) is -0.302. The summed E-state index contributed by atoms with van der Waals surface area (Å²) in [6.45, 7) is 4.66. The molecule has 0 bridgehead atoms. The Morgan fingerprint density at radius 3 is 1.33 bits per heavy atom. The number of hydrogen-bond donors (Lipinski definition) is 0. The number of carbonyl (C=O) groups excluding carboxylic acids is 2. The van der Waals surface area contributed by atoms with Crippen LogP contribution in [0.4, 0.5) is 9.59 Å². The molecule has 0 radical (unpaired) electrons. The third-order valence-corrected chi connectivity index (χ3v) is 4.80. The molecule has 0 aromatic carbocycles. The molecule has 0 saturated carbocycles. The van der Waals surface area contributed by atoms with Crippen molar-refractivity contribution >= 4 is 12.1 Å². The molecule has 8 nitrogen and oxygen atoms in total. The first kappa shape index (κ1) is 10.4. The van der Waals surface area contributed by atoms with Crippen molar-refractivity contribution in [1.29, 1.82) is 0 Å². The van der Waals surface area contributed by atoms with E-state index in [0.717, 1.165) is 0 Å². The predicted molar refractivity (Wildman–Crippen MR) is 56.6 cm³/mol. The highest BCUT2D eigenvalue weighted by Crippen LogP contribution is 2.53. The van der Waals surface area contributed by atoms with E-state index < -0.39 is 11.3 Å². The number of hydrogen-bond acceptors (Lipinski definition) is 4. The van der Waals surface area contributed by atoms with Gasteiger partial charge in [-0.2, -0.15) is 0 Å². The van der Waals surface area contributed by atoms with Crippen LogP contribution in [0.5, 0.6) is 0 Å². The third-order valence-electron chi connectivity index (χ3n) is 4.80. The topological polar surface area (TPSA) is 65.6 Å². The molecule has 0 aliphatic carbocycles. The van der Waals surface area contributed by atoms with Gasteiger partial charge in [0.25, 0.3) is 0 Å². The molecule has 0 aromatic rings. The highest BCUT2D eigenvalue weighted by atomic mass is 16.5. The first-order chi connectivity index (χ1) is 8.53. The molecule has 18 heavy (non-hydrogen) atoms. The van der Waals surface area contributed by atoms with Crippen molar-refractivity contribution in [1.82, 2.24) is 19.6 Å². The van der Waals surface area contributed by atoms with Gasteiger partial charge in [-0.25, -0.2) is 9.59 Å². The highest BCUT2D eigenvalue weighted by Gasteiger charge is 2.76. The number of nitrogens with zero attached hydrogens (tertiary/aromatic N) is 4. The molecule has 0 aromatic heterocycles. The molecule has 0 spiro atoms. The zero-order chi connectivity index (χ0) is 12.7. The quantitative estimate of drug-likeness (QED) is 0.599. The van der Waals surface area contributed by atoms with Gasteiger partial charge in [-0.1, -0.05) is 0 Å². The molecule has 4 heterocycles. The Hall–Kier alpha value is -1.54. The zero-order valence-corrected chi connectivity index (χ0v) is 10.3. The molecule has 0 N–H and O–H groups in total. The maximum atomic E-state index is 12.4. The van der Waals surface area contributed by atoms with E-state index in [4.69, 9.17) is 9.47 Å². The summed E-state index contributed by atoms with van der Waals surface area (Å²) < 4.78 is 10.7. The lowest BCUT2D eigenvalue weighted by Gasteiger charge is -2.48. The number of rotatable bonds is 0. The van der Waals surface area contributed by atoms with Gasteiger partial charge in [-0.05, 0) is 13.8 Å². The van der Waals surface area contributed by atoms with Gasteiger partial charge >= 0.3 is 12.1 Å². The molecule has 8 heteroatoms. The summed E-state index contributed by atoms with van der Waals surface area (Å²) in [5.41, 5.74) is -1.38. The lowest BCUT2D eigenvalue weighted by atomic mass is 9.95. The molecule has 4 fully saturated rings. The Morgan fingerprint density at radius 1 is 0.778 bits per heavy atom. The monoisotopic (exact) mass is 254 g/mol. The Kier molecular flexibility index (Phi) is 1.57. The van der Waals surface area contributed by atoms with Crippen LogP contribution in [0.15, 0.2) is 0 Å². The molecule has 0 atom stereocenters. The second-order valence-corrected chi connectivity index (χ2v) is 5.24. The predicted octanol–water partition coefficient (Wildman–Crippen LogP) is -0.216. The van der Waals surface area contributed by atoms with Crippen molar-refractivity contribution in [2.75, 3.05) is 26.9 Å². The lowest BCUT2D eigenvalue weighted by molar-refractivity contribution is -0.185. The van der Waals surface area contributed by atoms with Crippen molar-refractivity contribution in [2.45, 2.75) is 25.2 Å². The van der Waals surface area contributed by atoms with Crippen LogP contribution >= 0.6 is 0 Å². The molecule has 4 aliphatic heterocycles. The van der Waals surface area contributed by atoms with Crippen LogP contribution < -0.4 is 0 Å².